The quantitative estimate of drug-likeness (QED) is 0.552. The lowest BCUT2D eigenvalue weighted by Gasteiger charge is -2.14. The van der Waals surface area contributed by atoms with Crippen LogP contribution in [0.3, 0.4) is 0 Å². The van der Waals surface area contributed by atoms with Gasteiger partial charge in [0.15, 0.2) is 0 Å². The molecule has 7 nitrogen and oxygen atoms in total. The zero-order valence-corrected chi connectivity index (χ0v) is 15.8. The Labute approximate surface area is 166 Å². The second kappa shape index (κ2) is 7.54. The number of nitrogens with one attached hydrogen (secondary N) is 1. The summed E-state index contributed by atoms with van der Waals surface area (Å²) in [6.07, 6.45) is 0.783. The maximum absolute atomic E-state index is 12.7. The summed E-state index contributed by atoms with van der Waals surface area (Å²) in [7, 11) is 1.88. The largest absolute Gasteiger partial charge is 0.490 e. The molecule has 1 aromatic heterocycles. The first-order chi connectivity index (χ1) is 14.0. The van der Waals surface area contributed by atoms with Crippen molar-refractivity contribution in [3.8, 4) is 5.75 Å². The number of benzene rings is 2. The third-order valence-corrected chi connectivity index (χ3v) is 4.90. The summed E-state index contributed by atoms with van der Waals surface area (Å²) in [5, 5.41) is 21.9. The summed E-state index contributed by atoms with van der Waals surface area (Å²) < 4.78 is 7.53. The molecule has 1 aliphatic heterocycles. The average molecular weight is 392 g/mol. The minimum atomic E-state index is -1.05. The van der Waals surface area contributed by atoms with Crippen molar-refractivity contribution in [1.82, 2.24) is 9.88 Å². The Morgan fingerprint density at radius 1 is 1.00 bits per heavy atom. The van der Waals surface area contributed by atoms with Crippen molar-refractivity contribution in [1.29, 1.82) is 0 Å². The van der Waals surface area contributed by atoms with E-state index in [9.17, 15) is 14.7 Å². The molecule has 3 N–H and O–H groups in total. The molecule has 2 heterocycles. The topological polar surface area (TPSA) is 101 Å². The highest BCUT2D eigenvalue weighted by molar-refractivity contribution is 6.50. The van der Waals surface area contributed by atoms with Gasteiger partial charge in [-0.2, -0.15) is 0 Å². The molecule has 1 atom stereocenters. The molecular formula is C22H20N2O5. The van der Waals surface area contributed by atoms with Crippen molar-refractivity contribution in [2.45, 2.75) is 6.10 Å². The van der Waals surface area contributed by atoms with E-state index < -0.39 is 24.5 Å². The summed E-state index contributed by atoms with van der Waals surface area (Å²) >= 11 is 0. The highest BCUT2D eigenvalue weighted by Crippen LogP contribution is 2.38. The molecular weight excluding hydrogens is 372 g/mol. The number of para-hydroxylation sites is 2. The second-order valence-corrected chi connectivity index (χ2v) is 6.85. The van der Waals surface area contributed by atoms with E-state index in [0.717, 1.165) is 10.9 Å². The number of hydrogen-bond acceptors (Lipinski definition) is 5. The van der Waals surface area contributed by atoms with E-state index in [1.54, 1.807) is 24.3 Å². The SMILES string of the molecule is Cn1cc(C2=C(c3ccccc3OCC(O)CO)C(=O)NC2=O)c2ccccc21. The monoisotopic (exact) mass is 392 g/mol. The number of nitrogens with zero attached hydrogens (tertiary/aromatic N) is 1. The molecule has 1 aliphatic rings. The van der Waals surface area contributed by atoms with E-state index in [0.29, 0.717) is 16.9 Å². The summed E-state index contributed by atoms with van der Waals surface area (Å²) in [6, 6.07) is 14.5. The third kappa shape index (κ3) is 3.30. The molecule has 4 rings (SSSR count). The molecule has 1 unspecified atom stereocenters. The predicted molar refractivity (Wildman–Crippen MR) is 108 cm³/mol. The van der Waals surface area contributed by atoms with Gasteiger partial charge in [0, 0.05) is 35.3 Å². The van der Waals surface area contributed by atoms with Gasteiger partial charge in [-0.1, -0.05) is 36.4 Å². The number of aliphatic hydroxyl groups is 2. The van der Waals surface area contributed by atoms with Gasteiger partial charge < -0.3 is 19.5 Å². The minimum Gasteiger partial charge on any atom is -0.490 e. The van der Waals surface area contributed by atoms with Crippen molar-refractivity contribution in [2.24, 2.45) is 7.05 Å². The number of amides is 2. The number of imide groups is 1. The number of hydrogen-bond donors (Lipinski definition) is 3. The van der Waals surface area contributed by atoms with Crippen molar-refractivity contribution in [3.05, 3.63) is 65.9 Å². The molecule has 7 heteroatoms. The van der Waals surface area contributed by atoms with Crippen LogP contribution in [0.2, 0.25) is 0 Å². The molecule has 0 saturated carbocycles. The van der Waals surface area contributed by atoms with Gasteiger partial charge >= 0.3 is 0 Å². The molecule has 0 aliphatic carbocycles. The maximum atomic E-state index is 12.7. The Morgan fingerprint density at radius 2 is 1.66 bits per heavy atom. The van der Waals surface area contributed by atoms with Crippen molar-refractivity contribution >= 4 is 33.9 Å². The Hall–Kier alpha value is -3.42. The molecule has 0 radical (unpaired) electrons. The van der Waals surface area contributed by atoms with Gasteiger partial charge in [0.05, 0.1) is 17.8 Å². The number of fused-ring (bicyclic) bond motifs is 1. The predicted octanol–water partition coefficient (Wildman–Crippen LogP) is 1.48. The first-order valence-electron chi connectivity index (χ1n) is 9.16. The van der Waals surface area contributed by atoms with Crippen molar-refractivity contribution in [2.75, 3.05) is 13.2 Å². The molecule has 2 aromatic carbocycles. The second-order valence-electron chi connectivity index (χ2n) is 6.85. The van der Waals surface area contributed by atoms with Crippen LogP contribution < -0.4 is 10.1 Å². The Kier molecular flexibility index (Phi) is 4.92. The lowest BCUT2D eigenvalue weighted by molar-refractivity contribution is -0.122. The van der Waals surface area contributed by atoms with Crippen LogP contribution in [-0.2, 0) is 16.6 Å². The summed E-state index contributed by atoms with van der Waals surface area (Å²) in [5.41, 5.74) is 2.55. The standard InChI is InChI=1S/C22H20N2O5/c1-24-10-16(14-6-2-4-8-17(14)24)20-19(21(27)23-22(20)28)15-7-3-5-9-18(15)29-12-13(26)11-25/h2-10,13,25-26H,11-12H2,1H3,(H,23,27,28). The molecule has 148 valence electrons. The number of carbonyl (C=O) groups is 2. The molecule has 0 fully saturated rings. The molecule has 29 heavy (non-hydrogen) atoms. The number of aromatic nitrogens is 1. The number of carbonyl (C=O) groups excluding carboxylic acids is 2. The lowest BCUT2D eigenvalue weighted by atomic mass is 9.95. The zero-order valence-electron chi connectivity index (χ0n) is 15.8. The Balaban J connectivity index is 1.90. The molecule has 0 spiro atoms. The molecule has 0 bridgehead atoms. The van der Waals surface area contributed by atoms with Crippen LogP contribution in [0, 0.1) is 0 Å². The smallest absolute Gasteiger partial charge is 0.259 e. The Bertz CT molecular complexity index is 1150. The van der Waals surface area contributed by atoms with Gasteiger partial charge in [0.1, 0.15) is 18.5 Å². The van der Waals surface area contributed by atoms with E-state index in [-0.39, 0.29) is 17.8 Å². The normalized spacial score (nSPS) is 15.1. The summed E-state index contributed by atoms with van der Waals surface area (Å²) in [6.45, 7) is -0.578. The van der Waals surface area contributed by atoms with Crippen LogP contribution >= 0.6 is 0 Å². The number of rotatable bonds is 6. The average Bonchev–Trinajstić information content (AvgIpc) is 3.21. The van der Waals surface area contributed by atoms with Crippen molar-refractivity contribution in [3.63, 3.8) is 0 Å². The number of ether oxygens (including phenoxy) is 1. The number of aryl methyl sites for hydroxylation is 1. The fourth-order valence-corrected chi connectivity index (χ4v) is 3.55. The maximum Gasteiger partial charge on any atom is 0.259 e. The van der Waals surface area contributed by atoms with E-state index in [4.69, 9.17) is 9.84 Å². The van der Waals surface area contributed by atoms with Crippen LogP contribution in [0.5, 0.6) is 5.75 Å². The number of aliphatic hydroxyl groups excluding tert-OH is 2. The fraction of sp³-hybridized carbons (Fsp3) is 0.182. The Morgan fingerprint density at radius 3 is 2.41 bits per heavy atom. The highest BCUT2D eigenvalue weighted by atomic mass is 16.5. The summed E-state index contributed by atoms with van der Waals surface area (Å²) in [5.74, 6) is -0.624. The van der Waals surface area contributed by atoms with Gasteiger partial charge in [0.2, 0.25) is 0 Å². The van der Waals surface area contributed by atoms with E-state index >= 15 is 0 Å². The molecule has 0 saturated heterocycles. The van der Waals surface area contributed by atoms with Gasteiger partial charge in [0.25, 0.3) is 11.8 Å². The lowest BCUT2D eigenvalue weighted by Crippen LogP contribution is -2.23. The van der Waals surface area contributed by atoms with E-state index in [1.807, 2.05) is 42.1 Å². The fourth-order valence-electron chi connectivity index (χ4n) is 3.55. The van der Waals surface area contributed by atoms with Crippen LogP contribution in [0.4, 0.5) is 0 Å². The molecule has 3 aromatic rings. The third-order valence-electron chi connectivity index (χ3n) is 4.90. The van der Waals surface area contributed by atoms with E-state index in [1.165, 1.54) is 0 Å². The first kappa shape index (κ1) is 18.9. The minimum absolute atomic E-state index is 0.139. The van der Waals surface area contributed by atoms with Crippen LogP contribution in [0.15, 0.2) is 54.7 Å². The zero-order chi connectivity index (χ0) is 20.5. The molecule has 2 amide bonds. The van der Waals surface area contributed by atoms with Gasteiger partial charge in [-0.15, -0.1) is 0 Å². The van der Waals surface area contributed by atoms with Crippen LogP contribution in [0.25, 0.3) is 22.0 Å². The van der Waals surface area contributed by atoms with Crippen LogP contribution in [-0.4, -0.2) is 45.9 Å². The first-order valence-corrected chi connectivity index (χ1v) is 9.16. The van der Waals surface area contributed by atoms with Crippen LogP contribution in [0.1, 0.15) is 11.1 Å². The summed E-state index contributed by atoms with van der Waals surface area (Å²) in [4.78, 5) is 25.4. The van der Waals surface area contributed by atoms with E-state index in [2.05, 4.69) is 5.32 Å². The van der Waals surface area contributed by atoms with Crippen molar-refractivity contribution < 1.29 is 24.5 Å². The van der Waals surface area contributed by atoms with Gasteiger partial charge in [-0.25, -0.2) is 0 Å². The van der Waals surface area contributed by atoms with Gasteiger partial charge in [-0.05, 0) is 12.1 Å². The highest BCUT2D eigenvalue weighted by Gasteiger charge is 2.35. The van der Waals surface area contributed by atoms with Gasteiger partial charge in [-0.3, -0.25) is 14.9 Å².